The summed E-state index contributed by atoms with van der Waals surface area (Å²) in [5.74, 6) is 0.608. The van der Waals surface area contributed by atoms with Gasteiger partial charge >= 0.3 is 0 Å². The summed E-state index contributed by atoms with van der Waals surface area (Å²) in [7, 11) is 1.65. The number of ether oxygens (including phenoxy) is 1. The zero-order valence-electron chi connectivity index (χ0n) is 13.3. The Kier molecular flexibility index (Phi) is 4.02. The molecule has 0 amide bonds. The van der Waals surface area contributed by atoms with Gasteiger partial charge in [-0.05, 0) is 54.1 Å². The van der Waals surface area contributed by atoms with Gasteiger partial charge in [0, 0.05) is 23.6 Å². The van der Waals surface area contributed by atoms with Crippen LogP contribution >= 0.6 is 11.8 Å². The number of rotatable bonds is 3. The van der Waals surface area contributed by atoms with Gasteiger partial charge in [0.25, 0.3) is 0 Å². The minimum Gasteiger partial charge on any atom is -0.497 e. The number of halogens is 1. The minimum atomic E-state index is -0.202. The molecule has 2 aromatic carbocycles. The van der Waals surface area contributed by atoms with Crippen molar-refractivity contribution in [3.05, 3.63) is 65.5 Å². The maximum Gasteiger partial charge on any atom is 0.168 e. The van der Waals surface area contributed by atoms with Crippen molar-refractivity contribution >= 4 is 27.5 Å². The summed E-state index contributed by atoms with van der Waals surface area (Å²) in [6.45, 7) is 1.74. The minimum absolute atomic E-state index is 0.202. The molecule has 0 aliphatic carbocycles. The van der Waals surface area contributed by atoms with Crippen LogP contribution in [0.5, 0.6) is 5.75 Å². The van der Waals surface area contributed by atoms with Crippen LogP contribution in [0.3, 0.4) is 0 Å². The number of methoxy groups -OCH3 is 1. The van der Waals surface area contributed by atoms with E-state index in [-0.39, 0.29) is 5.82 Å². The number of aliphatic imine (C=N–C) groups is 1. The van der Waals surface area contributed by atoms with Crippen LogP contribution in [0.4, 0.5) is 4.39 Å². The van der Waals surface area contributed by atoms with Gasteiger partial charge in [0.1, 0.15) is 11.6 Å². The van der Waals surface area contributed by atoms with Gasteiger partial charge < -0.3 is 9.64 Å². The van der Waals surface area contributed by atoms with Gasteiger partial charge in [-0.3, -0.25) is 4.99 Å². The van der Waals surface area contributed by atoms with E-state index >= 15 is 0 Å². The van der Waals surface area contributed by atoms with Gasteiger partial charge in [0.05, 0.1) is 12.8 Å². The number of hydrogen-bond acceptors (Lipinski definition) is 4. The first-order valence-corrected chi connectivity index (χ1v) is 8.73. The molecule has 0 unspecified atom stereocenters. The smallest absolute Gasteiger partial charge is 0.168 e. The molecule has 0 saturated carbocycles. The van der Waals surface area contributed by atoms with Gasteiger partial charge in [-0.25, -0.2) is 4.39 Å². The lowest BCUT2D eigenvalue weighted by atomic mass is 10.1. The van der Waals surface area contributed by atoms with Crippen molar-refractivity contribution < 1.29 is 9.13 Å². The molecule has 3 nitrogen and oxygen atoms in total. The molecule has 2 aromatic rings. The zero-order valence-corrected chi connectivity index (χ0v) is 14.1. The zero-order chi connectivity index (χ0) is 16.5. The SMILES string of the molecule is COc1ccc(C2=C(c3ccccc3F)SC3=NCCCN32)cc1. The molecule has 0 bridgehead atoms. The second kappa shape index (κ2) is 6.32. The average Bonchev–Trinajstić information content (AvgIpc) is 3.01. The van der Waals surface area contributed by atoms with Gasteiger partial charge in [-0.2, -0.15) is 0 Å². The average molecular weight is 340 g/mol. The molecular formula is C19H17FN2OS. The van der Waals surface area contributed by atoms with E-state index in [0.29, 0.717) is 5.56 Å². The lowest BCUT2D eigenvalue weighted by molar-refractivity contribution is 0.414. The van der Waals surface area contributed by atoms with Crippen molar-refractivity contribution in [3.8, 4) is 5.75 Å². The van der Waals surface area contributed by atoms with E-state index < -0.39 is 0 Å². The van der Waals surface area contributed by atoms with Crippen LogP contribution in [0, 0.1) is 5.82 Å². The number of thioether (sulfide) groups is 1. The lowest BCUT2D eigenvalue weighted by Gasteiger charge is -2.25. The van der Waals surface area contributed by atoms with Crippen molar-refractivity contribution in [1.29, 1.82) is 0 Å². The fourth-order valence-corrected chi connectivity index (χ4v) is 4.24. The molecule has 0 atom stereocenters. The summed E-state index contributed by atoms with van der Waals surface area (Å²) in [6, 6.07) is 14.8. The van der Waals surface area contributed by atoms with E-state index in [1.807, 2.05) is 36.4 Å². The Bertz CT molecular complexity index is 830. The molecule has 2 aliphatic rings. The van der Waals surface area contributed by atoms with E-state index in [4.69, 9.17) is 4.74 Å². The largest absolute Gasteiger partial charge is 0.497 e. The van der Waals surface area contributed by atoms with Crippen LogP contribution in [0.15, 0.2) is 53.5 Å². The third kappa shape index (κ3) is 2.59. The van der Waals surface area contributed by atoms with Crippen molar-refractivity contribution in [2.45, 2.75) is 6.42 Å². The van der Waals surface area contributed by atoms with Crippen LogP contribution in [0.25, 0.3) is 10.6 Å². The van der Waals surface area contributed by atoms with Gasteiger partial charge in [-0.1, -0.05) is 18.2 Å². The number of fused-ring (bicyclic) bond motifs is 1. The Morgan fingerprint density at radius 2 is 1.92 bits per heavy atom. The Balaban J connectivity index is 1.88. The fraction of sp³-hybridized carbons (Fsp3) is 0.211. The molecule has 0 N–H and O–H groups in total. The van der Waals surface area contributed by atoms with Crippen molar-refractivity contribution in [3.63, 3.8) is 0 Å². The highest BCUT2D eigenvalue weighted by Gasteiger charge is 2.33. The summed E-state index contributed by atoms with van der Waals surface area (Å²) in [5.41, 5.74) is 2.71. The monoisotopic (exact) mass is 340 g/mol. The first-order chi connectivity index (χ1) is 11.8. The predicted octanol–water partition coefficient (Wildman–Crippen LogP) is 4.47. The molecule has 2 heterocycles. The molecule has 0 spiro atoms. The number of hydrogen-bond donors (Lipinski definition) is 0. The van der Waals surface area contributed by atoms with Crippen LogP contribution in [-0.2, 0) is 0 Å². The normalized spacial score (nSPS) is 16.9. The summed E-state index contributed by atoms with van der Waals surface area (Å²) in [5, 5.41) is 0.963. The highest BCUT2D eigenvalue weighted by molar-refractivity contribution is 8.22. The molecule has 5 heteroatoms. The Morgan fingerprint density at radius 3 is 2.67 bits per heavy atom. The summed E-state index contributed by atoms with van der Waals surface area (Å²) >= 11 is 1.56. The van der Waals surface area contributed by atoms with Crippen molar-refractivity contribution in [2.24, 2.45) is 4.99 Å². The third-order valence-electron chi connectivity index (χ3n) is 4.18. The van der Waals surface area contributed by atoms with E-state index in [0.717, 1.165) is 46.6 Å². The molecule has 0 radical (unpaired) electrons. The van der Waals surface area contributed by atoms with Crippen LogP contribution in [0.1, 0.15) is 17.5 Å². The molecular weight excluding hydrogens is 323 g/mol. The number of benzene rings is 2. The Morgan fingerprint density at radius 1 is 1.12 bits per heavy atom. The third-order valence-corrected chi connectivity index (χ3v) is 5.33. The second-order valence-electron chi connectivity index (χ2n) is 5.66. The molecule has 24 heavy (non-hydrogen) atoms. The predicted molar refractivity (Wildman–Crippen MR) is 97.4 cm³/mol. The highest BCUT2D eigenvalue weighted by Crippen LogP contribution is 2.47. The summed E-state index contributed by atoms with van der Waals surface area (Å²) < 4.78 is 19.7. The van der Waals surface area contributed by atoms with Crippen LogP contribution in [0.2, 0.25) is 0 Å². The molecule has 0 saturated heterocycles. The lowest BCUT2D eigenvalue weighted by Crippen LogP contribution is -2.28. The molecule has 122 valence electrons. The van der Waals surface area contributed by atoms with E-state index in [1.165, 1.54) is 6.07 Å². The van der Waals surface area contributed by atoms with Gasteiger partial charge in [0.15, 0.2) is 5.17 Å². The number of nitrogens with zero attached hydrogens (tertiary/aromatic N) is 2. The fourth-order valence-electron chi connectivity index (χ4n) is 3.01. The molecule has 2 aliphatic heterocycles. The van der Waals surface area contributed by atoms with E-state index in [2.05, 4.69) is 9.89 Å². The molecule has 0 fully saturated rings. The van der Waals surface area contributed by atoms with Crippen molar-refractivity contribution in [1.82, 2.24) is 4.90 Å². The Labute approximate surface area is 144 Å². The van der Waals surface area contributed by atoms with Crippen LogP contribution < -0.4 is 4.74 Å². The first-order valence-electron chi connectivity index (χ1n) is 7.91. The topological polar surface area (TPSA) is 24.8 Å². The quantitative estimate of drug-likeness (QED) is 0.824. The Hall–Kier alpha value is -2.27. The molecule has 0 aromatic heterocycles. The highest BCUT2D eigenvalue weighted by atomic mass is 32.2. The maximum absolute atomic E-state index is 14.4. The van der Waals surface area contributed by atoms with Crippen molar-refractivity contribution in [2.75, 3.05) is 20.2 Å². The number of amidine groups is 1. The second-order valence-corrected chi connectivity index (χ2v) is 6.64. The van der Waals surface area contributed by atoms with E-state index in [9.17, 15) is 4.39 Å². The van der Waals surface area contributed by atoms with Gasteiger partial charge in [0.2, 0.25) is 0 Å². The van der Waals surface area contributed by atoms with E-state index in [1.54, 1.807) is 24.9 Å². The van der Waals surface area contributed by atoms with Crippen LogP contribution in [-0.4, -0.2) is 30.3 Å². The first kappa shape index (κ1) is 15.3. The summed E-state index contributed by atoms with van der Waals surface area (Å²) in [4.78, 5) is 7.76. The molecule has 4 rings (SSSR count). The van der Waals surface area contributed by atoms with Gasteiger partial charge in [-0.15, -0.1) is 0 Å². The standard InChI is InChI=1S/C19H17FN2OS/c1-23-14-9-7-13(8-10-14)17-18(15-5-2-3-6-16(15)20)24-19-21-11-4-12-22(17)19/h2-3,5-10H,4,11-12H2,1H3. The maximum atomic E-state index is 14.4. The summed E-state index contributed by atoms with van der Waals surface area (Å²) in [6.07, 6.45) is 1.01.